The molecule has 1 aliphatic carbocycles. The lowest BCUT2D eigenvalue weighted by molar-refractivity contribution is 0.226. The van der Waals surface area contributed by atoms with Gasteiger partial charge in [0.2, 0.25) is 5.95 Å². The molecule has 0 bridgehead atoms. The summed E-state index contributed by atoms with van der Waals surface area (Å²) in [6, 6.07) is 3.29. The van der Waals surface area contributed by atoms with Gasteiger partial charge in [-0.15, -0.1) is 0 Å². The molecule has 1 aliphatic rings. The van der Waals surface area contributed by atoms with E-state index in [9.17, 15) is 4.39 Å². The van der Waals surface area contributed by atoms with Crippen molar-refractivity contribution in [2.45, 2.75) is 39.2 Å². The fourth-order valence-corrected chi connectivity index (χ4v) is 3.77. The molecule has 5 heteroatoms. The third kappa shape index (κ3) is 2.26. The zero-order valence-corrected chi connectivity index (χ0v) is 12.5. The second kappa shape index (κ2) is 4.92. The van der Waals surface area contributed by atoms with Crippen molar-refractivity contribution in [3.63, 3.8) is 0 Å². The molecule has 1 fully saturated rings. The molecule has 2 unspecified atom stereocenters. The van der Waals surface area contributed by atoms with Gasteiger partial charge in [0.05, 0.1) is 16.1 Å². The van der Waals surface area contributed by atoms with Gasteiger partial charge in [-0.25, -0.2) is 9.37 Å². The van der Waals surface area contributed by atoms with E-state index in [-0.39, 0.29) is 5.02 Å². The zero-order chi connectivity index (χ0) is 14.4. The van der Waals surface area contributed by atoms with Crippen molar-refractivity contribution in [1.82, 2.24) is 9.55 Å². The molecule has 0 spiro atoms. The smallest absolute Gasteiger partial charge is 0.201 e. The van der Waals surface area contributed by atoms with Crippen molar-refractivity contribution in [3.05, 3.63) is 23.0 Å². The molecular formula is C15H19ClFN3. The molecule has 3 nitrogen and oxygen atoms in total. The van der Waals surface area contributed by atoms with Crippen LogP contribution in [0, 0.1) is 17.7 Å². The molecule has 0 radical (unpaired) electrons. The number of hydrogen-bond acceptors (Lipinski definition) is 2. The van der Waals surface area contributed by atoms with E-state index in [0.717, 1.165) is 18.4 Å². The summed E-state index contributed by atoms with van der Waals surface area (Å²) < 4.78 is 15.7. The predicted molar refractivity (Wildman–Crippen MR) is 80.3 cm³/mol. The molecule has 1 aromatic heterocycles. The Balaban J connectivity index is 2.10. The van der Waals surface area contributed by atoms with Crippen LogP contribution in [0.15, 0.2) is 12.1 Å². The third-order valence-corrected chi connectivity index (χ3v) is 4.57. The van der Waals surface area contributed by atoms with Crippen LogP contribution in [0.5, 0.6) is 0 Å². The first-order chi connectivity index (χ1) is 9.45. The molecule has 2 N–H and O–H groups in total. The summed E-state index contributed by atoms with van der Waals surface area (Å²) in [7, 11) is 0. The zero-order valence-electron chi connectivity index (χ0n) is 11.7. The first-order valence-electron chi connectivity index (χ1n) is 7.08. The van der Waals surface area contributed by atoms with Crippen molar-refractivity contribution >= 4 is 28.6 Å². The van der Waals surface area contributed by atoms with Gasteiger partial charge in [-0.2, -0.15) is 0 Å². The Morgan fingerprint density at radius 1 is 1.25 bits per heavy atom. The largest absolute Gasteiger partial charge is 0.369 e. The van der Waals surface area contributed by atoms with Gasteiger partial charge in [-0.05, 0) is 37.2 Å². The Labute approximate surface area is 122 Å². The van der Waals surface area contributed by atoms with E-state index < -0.39 is 5.82 Å². The van der Waals surface area contributed by atoms with E-state index in [1.807, 2.05) is 4.57 Å². The summed E-state index contributed by atoms with van der Waals surface area (Å²) in [5.74, 6) is 1.33. The van der Waals surface area contributed by atoms with Crippen molar-refractivity contribution in [1.29, 1.82) is 0 Å². The second-order valence-corrected chi connectivity index (χ2v) is 6.57. The van der Waals surface area contributed by atoms with Gasteiger partial charge in [0.25, 0.3) is 0 Å². The molecular weight excluding hydrogens is 277 g/mol. The molecule has 2 atom stereocenters. The third-order valence-electron chi connectivity index (χ3n) is 4.28. The van der Waals surface area contributed by atoms with Crippen molar-refractivity contribution < 1.29 is 4.39 Å². The lowest BCUT2D eigenvalue weighted by Crippen LogP contribution is -2.23. The van der Waals surface area contributed by atoms with Gasteiger partial charge >= 0.3 is 0 Å². The van der Waals surface area contributed by atoms with Gasteiger partial charge in [-0.3, -0.25) is 0 Å². The maximum atomic E-state index is 13.7. The fraction of sp³-hybridized carbons (Fsp3) is 0.533. The monoisotopic (exact) mass is 295 g/mol. The van der Waals surface area contributed by atoms with Crippen LogP contribution in [0.4, 0.5) is 10.3 Å². The van der Waals surface area contributed by atoms with Gasteiger partial charge in [-0.1, -0.05) is 25.4 Å². The first-order valence-corrected chi connectivity index (χ1v) is 7.46. The molecule has 0 saturated heterocycles. The number of aromatic nitrogens is 2. The maximum Gasteiger partial charge on any atom is 0.201 e. The lowest BCUT2D eigenvalue weighted by Gasteiger charge is -2.33. The average molecular weight is 296 g/mol. The van der Waals surface area contributed by atoms with Crippen molar-refractivity contribution in [2.24, 2.45) is 11.8 Å². The minimum absolute atomic E-state index is 0.0903. The van der Waals surface area contributed by atoms with Crippen molar-refractivity contribution in [2.75, 3.05) is 5.73 Å². The number of fused-ring (bicyclic) bond motifs is 1. The van der Waals surface area contributed by atoms with E-state index >= 15 is 0 Å². The van der Waals surface area contributed by atoms with E-state index in [4.69, 9.17) is 17.3 Å². The van der Waals surface area contributed by atoms with Crippen LogP contribution in [0.2, 0.25) is 5.02 Å². The van der Waals surface area contributed by atoms with Crippen LogP contribution in [0.1, 0.15) is 39.2 Å². The number of rotatable bonds is 1. The Bertz CT molecular complexity index is 642. The quantitative estimate of drug-likeness (QED) is 0.847. The van der Waals surface area contributed by atoms with E-state index in [1.54, 1.807) is 6.07 Å². The Morgan fingerprint density at radius 3 is 2.55 bits per heavy atom. The average Bonchev–Trinajstić information content (AvgIpc) is 2.64. The van der Waals surface area contributed by atoms with E-state index in [1.165, 1.54) is 12.5 Å². The van der Waals surface area contributed by atoms with Crippen LogP contribution in [0.25, 0.3) is 11.0 Å². The van der Waals surface area contributed by atoms with Crippen LogP contribution in [-0.2, 0) is 0 Å². The van der Waals surface area contributed by atoms with Gasteiger partial charge in [0.1, 0.15) is 5.82 Å². The normalized spacial score (nSPS) is 27.1. The number of halogens is 2. The second-order valence-electron chi connectivity index (χ2n) is 6.17. The maximum absolute atomic E-state index is 13.7. The number of benzene rings is 1. The highest BCUT2D eigenvalue weighted by atomic mass is 35.5. The molecule has 20 heavy (non-hydrogen) atoms. The summed E-state index contributed by atoms with van der Waals surface area (Å²) in [6.07, 6.45) is 3.36. The lowest BCUT2D eigenvalue weighted by atomic mass is 9.80. The van der Waals surface area contributed by atoms with Gasteiger partial charge in [0, 0.05) is 12.1 Å². The van der Waals surface area contributed by atoms with E-state index in [0.29, 0.717) is 29.3 Å². The molecule has 1 saturated carbocycles. The Kier molecular flexibility index (Phi) is 3.36. The standard InChI is InChI=1S/C15H19ClFN3/c1-8-3-9(2)5-10(4-8)20-14-7-12(17)11(16)6-13(14)19-15(20)18/h6-10H,3-5H2,1-2H3,(H2,18,19). The molecule has 3 rings (SSSR count). The minimum Gasteiger partial charge on any atom is -0.369 e. The van der Waals surface area contributed by atoms with Crippen LogP contribution < -0.4 is 5.73 Å². The SMILES string of the molecule is CC1CC(C)CC(n2c(N)nc3cc(Cl)c(F)cc32)C1. The number of imidazole rings is 1. The summed E-state index contributed by atoms with van der Waals surface area (Å²) in [5, 5.41) is 0.0903. The summed E-state index contributed by atoms with van der Waals surface area (Å²) in [4.78, 5) is 4.33. The Morgan fingerprint density at radius 2 is 1.90 bits per heavy atom. The number of hydrogen-bond donors (Lipinski definition) is 1. The minimum atomic E-state index is -0.419. The van der Waals surface area contributed by atoms with E-state index in [2.05, 4.69) is 18.8 Å². The van der Waals surface area contributed by atoms with Crippen LogP contribution in [-0.4, -0.2) is 9.55 Å². The number of nitrogens with zero attached hydrogens (tertiary/aromatic N) is 2. The summed E-state index contributed by atoms with van der Waals surface area (Å²) in [6.45, 7) is 4.52. The molecule has 0 amide bonds. The summed E-state index contributed by atoms with van der Waals surface area (Å²) in [5.41, 5.74) is 7.47. The first kappa shape index (κ1) is 13.7. The number of nitrogens with two attached hydrogens (primary N) is 1. The highest BCUT2D eigenvalue weighted by Crippen LogP contribution is 2.39. The molecule has 0 aliphatic heterocycles. The highest BCUT2D eigenvalue weighted by molar-refractivity contribution is 6.31. The topological polar surface area (TPSA) is 43.8 Å². The molecule has 1 aromatic carbocycles. The predicted octanol–water partition coefficient (Wildman–Crippen LogP) is 4.41. The van der Waals surface area contributed by atoms with Gasteiger partial charge in [0.15, 0.2) is 0 Å². The van der Waals surface area contributed by atoms with Gasteiger partial charge < -0.3 is 10.3 Å². The van der Waals surface area contributed by atoms with Crippen LogP contribution in [0.3, 0.4) is 0 Å². The Hall–Kier alpha value is -1.29. The highest BCUT2D eigenvalue weighted by Gasteiger charge is 2.27. The molecule has 108 valence electrons. The number of anilines is 1. The molecule has 1 heterocycles. The summed E-state index contributed by atoms with van der Waals surface area (Å²) >= 11 is 5.82. The van der Waals surface area contributed by atoms with Crippen molar-refractivity contribution in [3.8, 4) is 0 Å². The van der Waals surface area contributed by atoms with Crippen LogP contribution >= 0.6 is 11.6 Å². The number of nitrogen functional groups attached to an aromatic ring is 1. The molecule has 2 aromatic rings. The fourth-order valence-electron chi connectivity index (χ4n) is 3.61.